The Morgan fingerprint density at radius 3 is 2.86 bits per heavy atom. The summed E-state index contributed by atoms with van der Waals surface area (Å²) in [5.41, 5.74) is 12.2. The van der Waals surface area contributed by atoms with E-state index in [0.29, 0.717) is 29.4 Å². The molecule has 22 heavy (non-hydrogen) atoms. The Bertz CT molecular complexity index is 767. The van der Waals surface area contributed by atoms with Crippen LogP contribution in [0.3, 0.4) is 0 Å². The summed E-state index contributed by atoms with van der Waals surface area (Å²) < 4.78 is 6.42. The van der Waals surface area contributed by atoms with Crippen molar-refractivity contribution in [3.8, 4) is 11.6 Å². The number of nitrogens with two attached hydrogens (primary N) is 2. The maximum atomic E-state index is 11.9. The average Bonchev–Trinajstić information content (AvgIpc) is 2.72. The van der Waals surface area contributed by atoms with Crippen LogP contribution >= 0.6 is 0 Å². The monoisotopic (exact) mass is 305 g/mol. The first-order chi connectivity index (χ1) is 10.5. The van der Waals surface area contributed by atoms with Gasteiger partial charge in [-0.1, -0.05) is 0 Å². The molecule has 8 nitrogen and oxygen atoms in total. The van der Waals surface area contributed by atoms with Crippen molar-refractivity contribution in [3.63, 3.8) is 0 Å². The third-order valence-electron chi connectivity index (χ3n) is 3.44. The normalized spacial score (nSPS) is 18.4. The van der Waals surface area contributed by atoms with Crippen LogP contribution in [0.5, 0.6) is 11.6 Å². The average molecular weight is 305 g/mol. The van der Waals surface area contributed by atoms with E-state index in [1.807, 2.05) is 0 Å². The highest BCUT2D eigenvalue weighted by molar-refractivity contribution is 5.91. The summed E-state index contributed by atoms with van der Waals surface area (Å²) in [4.78, 5) is 29.0. The topological polar surface area (TPSA) is 130 Å². The van der Waals surface area contributed by atoms with Crippen LogP contribution in [0.15, 0.2) is 18.2 Å². The molecule has 1 aliphatic rings. The molecule has 1 unspecified atom stereocenters. The highest BCUT2D eigenvalue weighted by Gasteiger charge is 2.30. The van der Waals surface area contributed by atoms with Gasteiger partial charge in [-0.3, -0.25) is 4.79 Å². The van der Waals surface area contributed by atoms with Crippen molar-refractivity contribution in [2.24, 2.45) is 11.5 Å². The van der Waals surface area contributed by atoms with E-state index in [0.717, 1.165) is 4.73 Å². The molecule has 0 saturated carbocycles. The number of fused-ring (bicyclic) bond motifs is 3. The number of nitrogens with zero attached hydrogens (tertiary/aromatic N) is 1. The van der Waals surface area contributed by atoms with Crippen molar-refractivity contribution in [1.29, 1.82) is 0 Å². The Morgan fingerprint density at radius 2 is 2.14 bits per heavy atom. The minimum atomic E-state index is -1.09. The van der Waals surface area contributed by atoms with Crippen molar-refractivity contribution in [3.05, 3.63) is 23.8 Å². The number of hydrogen-bond acceptors (Lipinski definition) is 7. The van der Waals surface area contributed by atoms with Crippen LogP contribution < -0.4 is 21.0 Å². The molecule has 1 aromatic heterocycles. The summed E-state index contributed by atoms with van der Waals surface area (Å²) in [6.07, 6.45) is 0.118. The highest BCUT2D eigenvalue weighted by atomic mass is 16.7. The van der Waals surface area contributed by atoms with Gasteiger partial charge in [0.1, 0.15) is 11.8 Å². The quantitative estimate of drug-likeness (QED) is 0.634. The van der Waals surface area contributed by atoms with Gasteiger partial charge in [-0.2, -0.15) is 0 Å². The van der Waals surface area contributed by atoms with Gasteiger partial charge in [-0.25, -0.2) is 4.79 Å². The molecule has 5 N–H and O–H groups in total. The number of benzene rings is 1. The first-order valence-corrected chi connectivity index (χ1v) is 6.76. The van der Waals surface area contributed by atoms with E-state index >= 15 is 0 Å². The lowest BCUT2D eigenvalue weighted by atomic mass is 10.1. The molecule has 1 atom stereocenters. The molecule has 0 saturated heterocycles. The number of phenols is 1. The second kappa shape index (κ2) is 5.32. The van der Waals surface area contributed by atoms with E-state index < -0.39 is 18.0 Å². The van der Waals surface area contributed by atoms with Gasteiger partial charge < -0.3 is 26.1 Å². The summed E-state index contributed by atoms with van der Waals surface area (Å²) in [7, 11) is 0. The molecule has 0 spiro atoms. The molecule has 3 rings (SSSR count). The number of ether oxygens (including phenoxy) is 1. The smallest absolute Gasteiger partial charge is 0.350 e. The molecular weight excluding hydrogens is 290 g/mol. The van der Waals surface area contributed by atoms with Crippen molar-refractivity contribution >= 4 is 22.8 Å². The fourth-order valence-electron chi connectivity index (χ4n) is 2.44. The fraction of sp³-hybridized carbons (Fsp3) is 0.286. The van der Waals surface area contributed by atoms with Gasteiger partial charge in [0.15, 0.2) is 0 Å². The number of aromatic nitrogens is 1. The lowest BCUT2D eigenvalue weighted by molar-refractivity contribution is -0.153. The molecule has 2 aromatic rings. The Labute approximate surface area is 125 Å². The highest BCUT2D eigenvalue weighted by Crippen LogP contribution is 2.34. The second-order valence-electron chi connectivity index (χ2n) is 5.01. The number of carbonyl (C=O) groups excluding carboxylic acids is 2. The Balaban J connectivity index is 2.26. The van der Waals surface area contributed by atoms with Gasteiger partial charge in [0.2, 0.25) is 5.88 Å². The molecule has 0 aliphatic carbocycles. The van der Waals surface area contributed by atoms with Crippen LogP contribution in [-0.4, -0.2) is 34.4 Å². The molecule has 116 valence electrons. The number of phenolic OH excluding ortho intramolecular Hbond substituents is 1. The van der Waals surface area contributed by atoms with E-state index in [9.17, 15) is 14.7 Å². The molecule has 0 radical (unpaired) electrons. The van der Waals surface area contributed by atoms with Crippen LogP contribution in [-0.2, 0) is 16.0 Å². The number of hydrogen-bond donors (Lipinski definition) is 3. The maximum absolute atomic E-state index is 11.9. The van der Waals surface area contributed by atoms with E-state index in [2.05, 4.69) is 0 Å². The zero-order valence-corrected chi connectivity index (χ0v) is 11.6. The number of esters is 1. The lowest BCUT2D eigenvalue weighted by Crippen LogP contribution is -2.42. The van der Waals surface area contributed by atoms with Gasteiger partial charge in [0, 0.05) is 10.9 Å². The van der Waals surface area contributed by atoms with Crippen LogP contribution in [0.2, 0.25) is 0 Å². The maximum Gasteiger partial charge on any atom is 0.350 e. The molecular formula is C14H15N3O5. The van der Waals surface area contributed by atoms with Gasteiger partial charge in [-0.05, 0) is 31.2 Å². The molecule has 8 heteroatoms. The Morgan fingerprint density at radius 1 is 1.36 bits per heavy atom. The SMILES string of the molecule is NCCc1c2n(c3ccc(O)cc13)OC(=O)C(N)CC(=O)O2. The van der Waals surface area contributed by atoms with Gasteiger partial charge >= 0.3 is 11.9 Å². The van der Waals surface area contributed by atoms with Gasteiger partial charge in [0.05, 0.1) is 11.9 Å². The summed E-state index contributed by atoms with van der Waals surface area (Å²) >= 11 is 0. The van der Waals surface area contributed by atoms with Gasteiger partial charge in [-0.15, -0.1) is 4.73 Å². The second-order valence-corrected chi connectivity index (χ2v) is 5.01. The lowest BCUT2D eigenvalue weighted by Gasteiger charge is -2.17. The minimum Gasteiger partial charge on any atom is -0.508 e. The summed E-state index contributed by atoms with van der Waals surface area (Å²) in [6, 6.07) is 3.41. The summed E-state index contributed by atoms with van der Waals surface area (Å²) in [5.74, 6) is -1.23. The molecule has 2 heterocycles. The molecule has 0 bridgehead atoms. The number of rotatable bonds is 2. The summed E-state index contributed by atoms with van der Waals surface area (Å²) in [6.45, 7) is 0.298. The first-order valence-electron chi connectivity index (χ1n) is 6.76. The standard InChI is InChI=1S/C14H15N3O5/c15-4-3-8-9-5-7(18)1-2-11(9)17-13(8)21-12(19)6-10(16)14(20)22-17/h1-2,5,10,18H,3-4,6,15-16H2. The Hall–Kier alpha value is -2.58. The van der Waals surface area contributed by atoms with E-state index in [1.165, 1.54) is 12.1 Å². The summed E-state index contributed by atoms with van der Waals surface area (Å²) in [5, 5.41) is 10.3. The van der Waals surface area contributed by atoms with E-state index in [-0.39, 0.29) is 18.1 Å². The molecule has 1 aromatic carbocycles. The van der Waals surface area contributed by atoms with Gasteiger partial charge in [0.25, 0.3) is 0 Å². The molecule has 0 amide bonds. The first kappa shape index (κ1) is 14.4. The zero-order valence-electron chi connectivity index (χ0n) is 11.6. The molecule has 1 aliphatic heterocycles. The third kappa shape index (κ3) is 2.28. The van der Waals surface area contributed by atoms with Crippen molar-refractivity contribution in [1.82, 2.24) is 4.73 Å². The third-order valence-corrected chi connectivity index (χ3v) is 3.44. The zero-order chi connectivity index (χ0) is 15.9. The van der Waals surface area contributed by atoms with E-state index in [4.69, 9.17) is 21.0 Å². The number of carbonyl (C=O) groups is 2. The minimum absolute atomic E-state index is 0.0405. The van der Waals surface area contributed by atoms with Crippen molar-refractivity contribution in [2.75, 3.05) is 6.54 Å². The van der Waals surface area contributed by atoms with Crippen molar-refractivity contribution < 1.29 is 24.3 Å². The van der Waals surface area contributed by atoms with Crippen LogP contribution in [0.4, 0.5) is 0 Å². The fourth-order valence-corrected chi connectivity index (χ4v) is 2.44. The van der Waals surface area contributed by atoms with E-state index in [1.54, 1.807) is 6.07 Å². The van der Waals surface area contributed by atoms with Crippen LogP contribution in [0, 0.1) is 0 Å². The van der Waals surface area contributed by atoms with Crippen LogP contribution in [0.25, 0.3) is 10.9 Å². The number of aromatic hydroxyl groups is 1. The largest absolute Gasteiger partial charge is 0.508 e. The predicted molar refractivity (Wildman–Crippen MR) is 76.2 cm³/mol. The van der Waals surface area contributed by atoms with Crippen LogP contribution in [0.1, 0.15) is 12.0 Å². The van der Waals surface area contributed by atoms with Crippen molar-refractivity contribution in [2.45, 2.75) is 18.9 Å². The molecule has 0 fully saturated rings. The predicted octanol–water partition coefficient (Wildman–Crippen LogP) is -0.560. The Kier molecular flexibility index (Phi) is 3.47.